The van der Waals surface area contributed by atoms with Gasteiger partial charge < -0.3 is 24.8 Å². The van der Waals surface area contributed by atoms with Gasteiger partial charge in [0.05, 0.1) is 12.0 Å². The standard InChI is InChI=1S/C28H39N3O7S/c1-8-12-21(17(2)25(33)37-19(4)26(34)36-15-20-13-10-9-11-14-20)30-23(32)22-16-39-24(31-22)18(3)29-27(35)38-28(5,6)7/h9-11,13-14,16-19,21H,8,12,15H2,1-7H3,(H,29,35)(H,30,32)/t17-,18+,19+,21-/m1/s1. The topological polar surface area (TPSA) is 133 Å². The van der Waals surface area contributed by atoms with Crippen LogP contribution in [0.2, 0.25) is 0 Å². The quantitative estimate of drug-likeness (QED) is 0.275. The van der Waals surface area contributed by atoms with Gasteiger partial charge in [0.2, 0.25) is 0 Å². The highest BCUT2D eigenvalue weighted by atomic mass is 32.1. The van der Waals surface area contributed by atoms with Crippen molar-refractivity contribution in [2.45, 2.75) is 91.7 Å². The Morgan fingerprint density at radius 1 is 1.00 bits per heavy atom. The molecule has 0 saturated carbocycles. The summed E-state index contributed by atoms with van der Waals surface area (Å²) < 4.78 is 15.9. The van der Waals surface area contributed by atoms with E-state index in [-0.39, 0.29) is 12.3 Å². The second-order valence-electron chi connectivity index (χ2n) is 10.3. The maximum absolute atomic E-state index is 12.9. The van der Waals surface area contributed by atoms with Gasteiger partial charge in [-0.15, -0.1) is 11.3 Å². The van der Waals surface area contributed by atoms with Crippen molar-refractivity contribution in [2.75, 3.05) is 0 Å². The van der Waals surface area contributed by atoms with E-state index in [0.717, 1.165) is 5.56 Å². The van der Waals surface area contributed by atoms with E-state index in [4.69, 9.17) is 14.2 Å². The third-order valence-electron chi connectivity index (χ3n) is 5.60. The van der Waals surface area contributed by atoms with Gasteiger partial charge in [-0.25, -0.2) is 14.6 Å². The van der Waals surface area contributed by atoms with E-state index in [2.05, 4.69) is 15.6 Å². The van der Waals surface area contributed by atoms with Crippen LogP contribution in [0.25, 0.3) is 0 Å². The number of hydrogen-bond acceptors (Lipinski definition) is 9. The molecule has 2 aromatic rings. The number of carbonyl (C=O) groups excluding carboxylic acids is 4. The lowest BCUT2D eigenvalue weighted by atomic mass is 9.97. The minimum absolute atomic E-state index is 0.0766. The van der Waals surface area contributed by atoms with E-state index in [1.54, 1.807) is 40.0 Å². The summed E-state index contributed by atoms with van der Waals surface area (Å²) in [5.74, 6) is -2.44. The van der Waals surface area contributed by atoms with Crippen molar-refractivity contribution in [3.05, 3.63) is 52.0 Å². The number of nitrogens with zero attached hydrogens (tertiary/aromatic N) is 1. The lowest BCUT2D eigenvalue weighted by Crippen LogP contribution is -2.44. The first-order valence-corrected chi connectivity index (χ1v) is 13.9. The summed E-state index contributed by atoms with van der Waals surface area (Å²) in [6.45, 7) is 12.2. The first-order valence-electron chi connectivity index (χ1n) is 13.0. The summed E-state index contributed by atoms with van der Waals surface area (Å²) in [6.07, 6.45) is -0.454. The van der Waals surface area contributed by atoms with Crippen molar-refractivity contribution in [3.8, 4) is 0 Å². The Labute approximate surface area is 233 Å². The molecule has 0 spiro atoms. The second kappa shape index (κ2) is 14.6. The first-order chi connectivity index (χ1) is 18.3. The molecule has 0 fully saturated rings. The Balaban J connectivity index is 1.94. The van der Waals surface area contributed by atoms with Crippen LogP contribution in [-0.2, 0) is 30.4 Å². The molecule has 0 saturated heterocycles. The van der Waals surface area contributed by atoms with Gasteiger partial charge in [0, 0.05) is 11.4 Å². The van der Waals surface area contributed by atoms with Crippen LogP contribution in [0.1, 0.15) is 88.4 Å². The van der Waals surface area contributed by atoms with Crippen LogP contribution >= 0.6 is 11.3 Å². The number of benzene rings is 1. The molecule has 10 nitrogen and oxygen atoms in total. The monoisotopic (exact) mass is 561 g/mol. The Morgan fingerprint density at radius 2 is 1.67 bits per heavy atom. The fourth-order valence-corrected chi connectivity index (χ4v) is 4.28. The molecule has 11 heteroatoms. The number of aromatic nitrogens is 1. The minimum Gasteiger partial charge on any atom is -0.458 e. The van der Waals surface area contributed by atoms with E-state index < -0.39 is 53.6 Å². The molecule has 2 amide bonds. The zero-order valence-electron chi connectivity index (χ0n) is 23.6. The molecule has 0 unspecified atom stereocenters. The van der Waals surface area contributed by atoms with Crippen molar-refractivity contribution < 1.29 is 33.4 Å². The molecule has 0 aliphatic rings. The van der Waals surface area contributed by atoms with E-state index >= 15 is 0 Å². The van der Waals surface area contributed by atoms with Crippen molar-refractivity contribution in [1.29, 1.82) is 0 Å². The lowest BCUT2D eigenvalue weighted by molar-refractivity contribution is -0.170. The Morgan fingerprint density at radius 3 is 2.28 bits per heavy atom. The molecule has 2 rings (SSSR count). The molecular weight excluding hydrogens is 522 g/mol. The number of rotatable bonds is 12. The van der Waals surface area contributed by atoms with Gasteiger partial charge in [0.1, 0.15) is 22.9 Å². The normalized spacial score (nSPS) is 14.3. The van der Waals surface area contributed by atoms with Crippen LogP contribution < -0.4 is 10.6 Å². The SMILES string of the molecule is CCC[C@@H](NC(=O)c1csc([C@H](C)NC(=O)OC(C)(C)C)n1)[C@@H](C)C(=O)O[C@@H](C)C(=O)OCc1ccccc1. The number of amides is 2. The van der Waals surface area contributed by atoms with Crippen LogP contribution in [-0.4, -0.2) is 46.7 Å². The summed E-state index contributed by atoms with van der Waals surface area (Å²) in [6, 6.07) is 8.19. The molecule has 1 aromatic heterocycles. The average Bonchev–Trinajstić information content (AvgIpc) is 3.36. The predicted molar refractivity (Wildman–Crippen MR) is 147 cm³/mol. The van der Waals surface area contributed by atoms with Crippen LogP contribution in [0.4, 0.5) is 4.79 Å². The van der Waals surface area contributed by atoms with Crippen molar-refractivity contribution >= 4 is 35.3 Å². The minimum atomic E-state index is -1.10. The van der Waals surface area contributed by atoms with Gasteiger partial charge >= 0.3 is 18.0 Å². The van der Waals surface area contributed by atoms with Gasteiger partial charge in [0.25, 0.3) is 5.91 Å². The number of alkyl carbamates (subject to hydrolysis) is 1. The number of esters is 2. The number of nitrogens with one attached hydrogen (secondary N) is 2. The fourth-order valence-electron chi connectivity index (χ4n) is 3.48. The van der Waals surface area contributed by atoms with Gasteiger partial charge in [-0.1, -0.05) is 43.7 Å². The molecule has 0 aliphatic heterocycles. The fraction of sp³-hybridized carbons (Fsp3) is 0.536. The smallest absolute Gasteiger partial charge is 0.408 e. The molecule has 1 heterocycles. The highest BCUT2D eigenvalue weighted by Crippen LogP contribution is 2.20. The van der Waals surface area contributed by atoms with Crippen molar-refractivity contribution in [3.63, 3.8) is 0 Å². The van der Waals surface area contributed by atoms with Gasteiger partial charge in [-0.05, 0) is 53.5 Å². The number of ether oxygens (including phenoxy) is 3. The van der Waals surface area contributed by atoms with E-state index in [0.29, 0.717) is 17.8 Å². The molecule has 39 heavy (non-hydrogen) atoms. The summed E-state index contributed by atoms with van der Waals surface area (Å²) >= 11 is 1.23. The van der Waals surface area contributed by atoms with E-state index in [9.17, 15) is 19.2 Å². The Bertz CT molecular complexity index is 1110. The Hall–Kier alpha value is -3.47. The molecular formula is C28H39N3O7S. The van der Waals surface area contributed by atoms with Crippen LogP contribution in [0.15, 0.2) is 35.7 Å². The zero-order valence-corrected chi connectivity index (χ0v) is 24.4. The molecule has 0 radical (unpaired) electrons. The summed E-state index contributed by atoms with van der Waals surface area (Å²) in [5, 5.41) is 7.69. The molecule has 1 aromatic carbocycles. The van der Waals surface area contributed by atoms with Crippen LogP contribution in [0, 0.1) is 5.92 Å². The number of carbonyl (C=O) groups is 4. The Kier molecular flexibility index (Phi) is 11.9. The first kappa shape index (κ1) is 31.7. The van der Waals surface area contributed by atoms with E-state index in [1.807, 2.05) is 37.3 Å². The molecule has 4 atom stereocenters. The molecule has 214 valence electrons. The number of hydrogen-bond donors (Lipinski definition) is 2. The van der Waals surface area contributed by atoms with Crippen LogP contribution in [0.5, 0.6) is 0 Å². The van der Waals surface area contributed by atoms with E-state index in [1.165, 1.54) is 18.3 Å². The molecule has 0 bridgehead atoms. The highest BCUT2D eigenvalue weighted by Gasteiger charge is 2.30. The number of thiazole rings is 1. The van der Waals surface area contributed by atoms with Gasteiger partial charge in [-0.2, -0.15) is 0 Å². The third-order valence-corrected chi connectivity index (χ3v) is 6.63. The molecule has 2 N–H and O–H groups in total. The van der Waals surface area contributed by atoms with Crippen LogP contribution in [0.3, 0.4) is 0 Å². The third kappa shape index (κ3) is 10.7. The zero-order chi connectivity index (χ0) is 29.2. The highest BCUT2D eigenvalue weighted by molar-refractivity contribution is 7.09. The maximum atomic E-state index is 12.9. The molecule has 0 aliphatic carbocycles. The average molecular weight is 562 g/mol. The second-order valence-corrected chi connectivity index (χ2v) is 11.2. The predicted octanol–water partition coefficient (Wildman–Crippen LogP) is 4.94. The summed E-state index contributed by atoms with van der Waals surface area (Å²) in [5.41, 5.74) is 0.362. The summed E-state index contributed by atoms with van der Waals surface area (Å²) in [7, 11) is 0. The van der Waals surface area contributed by atoms with Crippen molar-refractivity contribution in [2.24, 2.45) is 5.92 Å². The van der Waals surface area contributed by atoms with Gasteiger partial charge in [-0.3, -0.25) is 9.59 Å². The van der Waals surface area contributed by atoms with Gasteiger partial charge in [0.15, 0.2) is 6.10 Å². The largest absolute Gasteiger partial charge is 0.458 e. The lowest BCUT2D eigenvalue weighted by Gasteiger charge is -2.24. The van der Waals surface area contributed by atoms with Crippen molar-refractivity contribution in [1.82, 2.24) is 15.6 Å². The summed E-state index contributed by atoms with van der Waals surface area (Å²) in [4.78, 5) is 54.5. The maximum Gasteiger partial charge on any atom is 0.408 e.